The number of rotatable bonds is 3. The minimum Gasteiger partial charge on any atom is -0.226 e. The first-order valence-corrected chi connectivity index (χ1v) is 7.71. The number of halogens is 3. The van der Waals surface area contributed by atoms with Crippen molar-refractivity contribution in [1.29, 1.82) is 0 Å². The van der Waals surface area contributed by atoms with Gasteiger partial charge in [0, 0.05) is 4.90 Å². The molecule has 0 unspecified atom stereocenters. The van der Waals surface area contributed by atoms with Crippen LogP contribution in [0.5, 0.6) is 0 Å². The van der Waals surface area contributed by atoms with Crippen LogP contribution >= 0.6 is 46.6 Å². The van der Waals surface area contributed by atoms with Crippen molar-refractivity contribution in [1.82, 2.24) is 4.98 Å². The quantitative estimate of drug-likeness (QED) is 0.610. The molecule has 1 aromatic carbocycles. The highest BCUT2D eigenvalue weighted by molar-refractivity contribution is 7.99. The van der Waals surface area contributed by atoms with Crippen LogP contribution in [0.3, 0.4) is 0 Å². The third kappa shape index (κ3) is 3.79. The summed E-state index contributed by atoms with van der Waals surface area (Å²) in [6, 6.07) is 9.95. The smallest absolute Gasteiger partial charge is 0.149 e. The molecule has 0 atom stereocenters. The van der Waals surface area contributed by atoms with Gasteiger partial charge in [-0.25, -0.2) is 4.98 Å². The molecule has 0 aliphatic heterocycles. The average molecular weight is 333 g/mol. The van der Waals surface area contributed by atoms with Crippen LogP contribution in [-0.4, -0.2) is 4.98 Å². The second kappa shape index (κ2) is 6.36. The number of nitrogens with zero attached hydrogens (tertiary/aromatic N) is 1. The van der Waals surface area contributed by atoms with E-state index in [1.54, 1.807) is 6.07 Å². The molecule has 5 heteroatoms. The molecule has 2 rings (SSSR count). The number of hydrogen-bond acceptors (Lipinski definition) is 2. The second-order valence-electron chi connectivity index (χ2n) is 4.37. The van der Waals surface area contributed by atoms with Gasteiger partial charge in [0.1, 0.15) is 10.2 Å². The minimum absolute atomic E-state index is 0.271. The van der Waals surface area contributed by atoms with Crippen LogP contribution in [0.1, 0.15) is 25.3 Å². The van der Waals surface area contributed by atoms with E-state index in [2.05, 4.69) is 43.1 Å². The molecule has 1 nitrogen and oxygen atoms in total. The third-order valence-electron chi connectivity index (χ3n) is 2.62. The molecule has 0 spiro atoms. The fourth-order valence-electron chi connectivity index (χ4n) is 1.53. The third-order valence-corrected chi connectivity index (χ3v) is 4.70. The Morgan fingerprint density at radius 2 is 1.63 bits per heavy atom. The van der Waals surface area contributed by atoms with Crippen molar-refractivity contribution in [2.75, 3.05) is 0 Å². The molecule has 1 aromatic heterocycles. The van der Waals surface area contributed by atoms with Crippen LogP contribution in [0.4, 0.5) is 0 Å². The largest absolute Gasteiger partial charge is 0.226 e. The monoisotopic (exact) mass is 331 g/mol. The van der Waals surface area contributed by atoms with Gasteiger partial charge in [0.15, 0.2) is 0 Å². The number of hydrogen-bond donors (Lipinski definition) is 0. The Morgan fingerprint density at radius 3 is 2.21 bits per heavy atom. The molecule has 0 amide bonds. The molecule has 0 saturated carbocycles. The maximum Gasteiger partial charge on any atom is 0.149 e. The van der Waals surface area contributed by atoms with E-state index in [0.717, 1.165) is 4.90 Å². The molecule has 0 saturated heterocycles. The summed E-state index contributed by atoms with van der Waals surface area (Å²) < 4.78 is 0. The fourth-order valence-corrected chi connectivity index (χ4v) is 2.98. The normalized spacial score (nSPS) is 11.1. The van der Waals surface area contributed by atoms with Crippen LogP contribution in [0, 0.1) is 0 Å². The summed E-state index contributed by atoms with van der Waals surface area (Å²) in [5, 5.41) is 1.80. The van der Waals surface area contributed by atoms with Crippen molar-refractivity contribution in [2.45, 2.75) is 29.7 Å². The molecule has 0 aliphatic carbocycles. The van der Waals surface area contributed by atoms with E-state index in [4.69, 9.17) is 34.8 Å². The van der Waals surface area contributed by atoms with Gasteiger partial charge in [-0.1, -0.05) is 72.5 Å². The summed E-state index contributed by atoms with van der Waals surface area (Å²) in [7, 11) is 0. The number of benzene rings is 1. The molecule has 19 heavy (non-hydrogen) atoms. The average Bonchev–Trinajstić information content (AvgIpc) is 2.36. The number of aromatic nitrogens is 1. The zero-order chi connectivity index (χ0) is 14.0. The van der Waals surface area contributed by atoms with Gasteiger partial charge in [-0.3, -0.25) is 0 Å². The first kappa shape index (κ1) is 15.0. The first-order valence-electron chi connectivity index (χ1n) is 5.76. The zero-order valence-corrected chi connectivity index (χ0v) is 13.5. The van der Waals surface area contributed by atoms with Crippen LogP contribution < -0.4 is 0 Å². The highest BCUT2D eigenvalue weighted by atomic mass is 35.5. The fraction of sp³-hybridized carbons (Fsp3) is 0.214. The van der Waals surface area contributed by atoms with Crippen molar-refractivity contribution in [3.8, 4) is 0 Å². The molecule has 0 fully saturated rings. The van der Waals surface area contributed by atoms with E-state index in [0.29, 0.717) is 21.0 Å². The van der Waals surface area contributed by atoms with Gasteiger partial charge in [0.25, 0.3) is 0 Å². The van der Waals surface area contributed by atoms with Crippen LogP contribution in [0.2, 0.25) is 15.2 Å². The Kier molecular flexibility index (Phi) is 5.02. The minimum atomic E-state index is 0.271. The SMILES string of the molecule is CC(C)c1ccc(Sc2nc(Cl)c(Cl)cc2Cl)cc1. The summed E-state index contributed by atoms with van der Waals surface area (Å²) in [5.41, 5.74) is 1.30. The van der Waals surface area contributed by atoms with E-state index in [-0.39, 0.29) is 5.15 Å². The summed E-state index contributed by atoms with van der Waals surface area (Å²) in [6.45, 7) is 4.33. The maximum absolute atomic E-state index is 6.11. The lowest BCUT2D eigenvalue weighted by molar-refractivity contribution is 0.865. The van der Waals surface area contributed by atoms with Gasteiger partial charge in [-0.15, -0.1) is 0 Å². The van der Waals surface area contributed by atoms with Crippen molar-refractivity contribution < 1.29 is 0 Å². The standard InChI is InChI=1S/C14H12Cl3NS/c1-8(2)9-3-5-10(6-4-9)19-14-12(16)7-11(15)13(17)18-14/h3-8H,1-2H3. The Balaban J connectivity index is 2.24. The molecule has 2 aromatic rings. The molecule has 0 aliphatic rings. The van der Waals surface area contributed by atoms with E-state index < -0.39 is 0 Å². The molecular formula is C14H12Cl3NS. The maximum atomic E-state index is 6.11. The van der Waals surface area contributed by atoms with E-state index >= 15 is 0 Å². The van der Waals surface area contributed by atoms with Gasteiger partial charge >= 0.3 is 0 Å². The van der Waals surface area contributed by atoms with Crippen LogP contribution in [-0.2, 0) is 0 Å². The van der Waals surface area contributed by atoms with Crippen molar-refractivity contribution in [3.05, 3.63) is 51.1 Å². The Bertz CT molecular complexity index is 582. The summed E-state index contributed by atoms with van der Waals surface area (Å²) in [6.07, 6.45) is 0. The molecule has 0 N–H and O–H groups in total. The lowest BCUT2D eigenvalue weighted by Crippen LogP contribution is -1.87. The topological polar surface area (TPSA) is 12.9 Å². The van der Waals surface area contributed by atoms with Gasteiger partial charge < -0.3 is 0 Å². The molecule has 0 radical (unpaired) electrons. The Morgan fingerprint density at radius 1 is 1.00 bits per heavy atom. The highest BCUT2D eigenvalue weighted by Crippen LogP contribution is 2.35. The lowest BCUT2D eigenvalue weighted by Gasteiger charge is -2.08. The van der Waals surface area contributed by atoms with Gasteiger partial charge in [0.05, 0.1) is 10.0 Å². The predicted molar refractivity (Wildman–Crippen MR) is 83.9 cm³/mol. The molecule has 0 bridgehead atoms. The first-order chi connectivity index (χ1) is 8.97. The number of pyridine rings is 1. The Hall–Kier alpha value is -0.410. The summed E-state index contributed by atoms with van der Waals surface area (Å²) in [5.74, 6) is 0.519. The molecule has 100 valence electrons. The predicted octanol–water partition coefficient (Wildman–Crippen LogP) is 6.32. The molecule has 1 heterocycles. The molecular weight excluding hydrogens is 321 g/mol. The lowest BCUT2D eigenvalue weighted by atomic mass is 10.0. The van der Waals surface area contributed by atoms with Gasteiger partial charge in [0.2, 0.25) is 0 Å². The van der Waals surface area contributed by atoms with E-state index in [9.17, 15) is 0 Å². The van der Waals surface area contributed by atoms with Crippen molar-refractivity contribution in [3.63, 3.8) is 0 Å². The van der Waals surface area contributed by atoms with Crippen LogP contribution in [0.15, 0.2) is 40.3 Å². The summed E-state index contributed by atoms with van der Waals surface area (Å²) >= 11 is 19.3. The highest BCUT2D eigenvalue weighted by Gasteiger charge is 2.09. The second-order valence-corrected chi connectivity index (χ2v) is 6.61. The van der Waals surface area contributed by atoms with Crippen molar-refractivity contribution in [2.24, 2.45) is 0 Å². The summed E-state index contributed by atoms with van der Waals surface area (Å²) in [4.78, 5) is 5.26. The van der Waals surface area contributed by atoms with Crippen molar-refractivity contribution >= 4 is 46.6 Å². The van der Waals surface area contributed by atoms with E-state index in [1.807, 2.05) is 0 Å². The van der Waals surface area contributed by atoms with E-state index in [1.165, 1.54) is 17.3 Å². The van der Waals surface area contributed by atoms with Gasteiger partial charge in [-0.05, 0) is 29.7 Å². The zero-order valence-electron chi connectivity index (χ0n) is 10.5. The Labute approximate surface area is 132 Å². The van der Waals surface area contributed by atoms with Gasteiger partial charge in [-0.2, -0.15) is 0 Å². The van der Waals surface area contributed by atoms with Crippen LogP contribution in [0.25, 0.3) is 0 Å².